The average molecular weight is 368 g/mol. The number of rotatable bonds is 4. The fourth-order valence-electron chi connectivity index (χ4n) is 3.63. The van der Waals surface area contributed by atoms with Crippen molar-refractivity contribution < 1.29 is 17.9 Å². The van der Waals surface area contributed by atoms with Gasteiger partial charge in [-0.2, -0.15) is 5.10 Å². The zero-order valence-electron chi connectivity index (χ0n) is 15.0. The molecule has 142 valence electrons. The number of nitrogen functional groups attached to an aromatic ring is 1. The van der Waals surface area contributed by atoms with Crippen LogP contribution < -0.4 is 10.5 Å². The quantitative estimate of drug-likeness (QED) is 0.833. The van der Waals surface area contributed by atoms with Crippen LogP contribution in [0.15, 0.2) is 18.3 Å². The summed E-state index contributed by atoms with van der Waals surface area (Å²) in [7, 11) is 0. The number of anilines is 1. The van der Waals surface area contributed by atoms with Gasteiger partial charge < -0.3 is 10.5 Å². The second-order valence-corrected chi connectivity index (χ2v) is 7.16. The van der Waals surface area contributed by atoms with E-state index in [4.69, 9.17) is 5.73 Å². The normalized spacial score (nSPS) is 20.7. The van der Waals surface area contributed by atoms with Crippen molar-refractivity contribution in [2.45, 2.75) is 58.4 Å². The molecule has 2 N–H and O–H groups in total. The Morgan fingerprint density at radius 3 is 2.58 bits per heavy atom. The van der Waals surface area contributed by atoms with Gasteiger partial charge in [-0.05, 0) is 38.3 Å². The lowest BCUT2D eigenvalue weighted by Gasteiger charge is -2.19. The van der Waals surface area contributed by atoms with Gasteiger partial charge in [0.2, 0.25) is 0 Å². The monoisotopic (exact) mass is 368 g/mol. The summed E-state index contributed by atoms with van der Waals surface area (Å²) >= 11 is 0. The standard InChI is InChI=1S/C18H23F3N4O/c1-10(2)25-15(13-6-4-5-11(13)3)8-14(24-25)12-7-16(17(22)23-9-12)26-18(19,20)21/h7-11,13H,4-6H2,1-3H3,(H2,22,23)/t11?,13-/m1/s1. The lowest BCUT2D eigenvalue weighted by Crippen LogP contribution is -2.18. The SMILES string of the molecule is CC1CCC[C@H]1c1cc(-c2cnc(N)c(OC(F)(F)F)c2)nn1C(C)C. The van der Waals surface area contributed by atoms with E-state index < -0.39 is 12.1 Å². The van der Waals surface area contributed by atoms with Crippen LogP contribution >= 0.6 is 0 Å². The molecule has 2 heterocycles. The molecular weight excluding hydrogens is 345 g/mol. The zero-order valence-corrected chi connectivity index (χ0v) is 15.0. The molecule has 8 heteroatoms. The molecule has 2 aromatic rings. The van der Waals surface area contributed by atoms with E-state index in [-0.39, 0.29) is 11.9 Å². The highest BCUT2D eigenvalue weighted by Gasteiger charge is 2.33. The molecule has 2 aromatic heterocycles. The molecule has 5 nitrogen and oxygen atoms in total. The highest BCUT2D eigenvalue weighted by molar-refractivity contribution is 5.64. The van der Waals surface area contributed by atoms with Crippen LogP contribution in [0.3, 0.4) is 0 Å². The van der Waals surface area contributed by atoms with Gasteiger partial charge in [0.25, 0.3) is 0 Å². The zero-order chi connectivity index (χ0) is 19.1. The maximum absolute atomic E-state index is 12.6. The molecule has 0 bridgehead atoms. The topological polar surface area (TPSA) is 66.0 Å². The van der Waals surface area contributed by atoms with Gasteiger partial charge in [0.15, 0.2) is 11.6 Å². The maximum Gasteiger partial charge on any atom is 0.573 e. The Bertz CT molecular complexity index is 785. The predicted molar refractivity (Wildman–Crippen MR) is 92.7 cm³/mol. The molecule has 0 amide bonds. The van der Waals surface area contributed by atoms with Gasteiger partial charge in [-0.3, -0.25) is 4.68 Å². The summed E-state index contributed by atoms with van der Waals surface area (Å²) in [6, 6.07) is 3.35. The summed E-state index contributed by atoms with van der Waals surface area (Å²) in [5.74, 6) is 0.154. The van der Waals surface area contributed by atoms with Crippen LogP contribution in [0.2, 0.25) is 0 Å². The van der Waals surface area contributed by atoms with E-state index >= 15 is 0 Å². The van der Waals surface area contributed by atoms with Crippen LogP contribution in [-0.4, -0.2) is 21.1 Å². The summed E-state index contributed by atoms with van der Waals surface area (Å²) in [6.07, 6.45) is 0.0543. The van der Waals surface area contributed by atoms with Gasteiger partial charge in [-0.25, -0.2) is 4.98 Å². The Kier molecular flexibility index (Phi) is 4.86. The number of pyridine rings is 1. The second kappa shape index (κ2) is 6.81. The van der Waals surface area contributed by atoms with Crippen molar-refractivity contribution in [1.29, 1.82) is 0 Å². The minimum Gasteiger partial charge on any atom is -0.402 e. The molecule has 0 aliphatic heterocycles. The third-order valence-corrected chi connectivity index (χ3v) is 4.90. The maximum atomic E-state index is 12.6. The fourth-order valence-corrected chi connectivity index (χ4v) is 3.63. The number of nitrogens with zero attached hydrogens (tertiary/aromatic N) is 3. The smallest absolute Gasteiger partial charge is 0.402 e. The van der Waals surface area contributed by atoms with Crippen LogP contribution in [0.1, 0.15) is 57.7 Å². The molecular formula is C18H23F3N4O. The van der Waals surface area contributed by atoms with Gasteiger partial charge in [0.1, 0.15) is 0 Å². The molecule has 0 radical (unpaired) electrons. The van der Waals surface area contributed by atoms with E-state index in [2.05, 4.69) is 21.7 Å². The molecule has 1 fully saturated rings. The Morgan fingerprint density at radius 2 is 2.00 bits per heavy atom. The summed E-state index contributed by atoms with van der Waals surface area (Å²) in [4.78, 5) is 3.84. The number of hydrogen-bond donors (Lipinski definition) is 1. The van der Waals surface area contributed by atoms with Crippen LogP contribution in [0.4, 0.5) is 19.0 Å². The number of nitrogens with two attached hydrogens (primary N) is 1. The molecule has 1 aliphatic rings. The van der Waals surface area contributed by atoms with Crippen molar-refractivity contribution in [3.05, 3.63) is 24.0 Å². The first-order chi connectivity index (χ1) is 12.2. The molecule has 0 saturated heterocycles. The highest BCUT2D eigenvalue weighted by Crippen LogP contribution is 2.41. The summed E-state index contributed by atoms with van der Waals surface area (Å²) < 4.78 is 43.6. The second-order valence-electron chi connectivity index (χ2n) is 7.16. The van der Waals surface area contributed by atoms with Crippen molar-refractivity contribution in [2.75, 3.05) is 5.73 Å². The van der Waals surface area contributed by atoms with Gasteiger partial charge >= 0.3 is 6.36 Å². The third kappa shape index (κ3) is 3.78. The van der Waals surface area contributed by atoms with Crippen molar-refractivity contribution in [3.8, 4) is 17.0 Å². The minimum atomic E-state index is -4.82. The average Bonchev–Trinajstić information content (AvgIpc) is 3.14. The summed E-state index contributed by atoms with van der Waals surface area (Å²) in [6.45, 7) is 6.31. The first-order valence-corrected chi connectivity index (χ1v) is 8.77. The van der Waals surface area contributed by atoms with Crippen molar-refractivity contribution in [3.63, 3.8) is 0 Å². The van der Waals surface area contributed by atoms with Gasteiger partial charge in [0.05, 0.1) is 5.69 Å². The Morgan fingerprint density at radius 1 is 1.27 bits per heavy atom. The molecule has 1 saturated carbocycles. The van der Waals surface area contributed by atoms with Crippen molar-refractivity contribution in [1.82, 2.24) is 14.8 Å². The first-order valence-electron chi connectivity index (χ1n) is 8.77. The van der Waals surface area contributed by atoms with E-state index in [0.29, 0.717) is 23.1 Å². The molecule has 3 rings (SSSR count). The van der Waals surface area contributed by atoms with E-state index in [1.165, 1.54) is 25.1 Å². The minimum absolute atomic E-state index is 0.152. The number of aromatic nitrogens is 3. The van der Waals surface area contributed by atoms with Crippen LogP contribution in [0, 0.1) is 5.92 Å². The largest absolute Gasteiger partial charge is 0.573 e. The fraction of sp³-hybridized carbons (Fsp3) is 0.556. The first kappa shape index (κ1) is 18.5. The van der Waals surface area contributed by atoms with Crippen LogP contribution in [0.25, 0.3) is 11.3 Å². The molecule has 1 aliphatic carbocycles. The van der Waals surface area contributed by atoms with E-state index in [9.17, 15) is 13.2 Å². The highest BCUT2D eigenvalue weighted by atomic mass is 19.4. The van der Waals surface area contributed by atoms with Gasteiger partial charge in [0, 0.05) is 29.4 Å². The molecule has 2 atom stereocenters. The third-order valence-electron chi connectivity index (χ3n) is 4.90. The number of hydrogen-bond acceptors (Lipinski definition) is 4. The summed E-state index contributed by atoms with van der Waals surface area (Å²) in [5.41, 5.74) is 7.66. The molecule has 0 aromatic carbocycles. The van der Waals surface area contributed by atoms with E-state index in [0.717, 1.165) is 12.1 Å². The molecule has 1 unspecified atom stereocenters. The lowest BCUT2D eigenvalue weighted by molar-refractivity contribution is -0.274. The van der Waals surface area contributed by atoms with Gasteiger partial charge in [-0.1, -0.05) is 19.8 Å². The lowest BCUT2D eigenvalue weighted by atomic mass is 9.94. The van der Waals surface area contributed by atoms with E-state index in [1.807, 2.05) is 24.6 Å². The predicted octanol–water partition coefficient (Wildman–Crippen LogP) is 4.91. The van der Waals surface area contributed by atoms with Crippen LogP contribution in [-0.2, 0) is 0 Å². The molecule has 26 heavy (non-hydrogen) atoms. The van der Waals surface area contributed by atoms with Gasteiger partial charge in [-0.15, -0.1) is 13.2 Å². The summed E-state index contributed by atoms with van der Waals surface area (Å²) in [5, 5.41) is 4.63. The Labute approximate surface area is 150 Å². The van der Waals surface area contributed by atoms with Crippen molar-refractivity contribution in [2.24, 2.45) is 5.92 Å². The Balaban J connectivity index is 2.00. The number of halogens is 3. The number of ether oxygens (including phenoxy) is 1. The Hall–Kier alpha value is -2.25. The molecule has 0 spiro atoms. The van der Waals surface area contributed by atoms with Crippen molar-refractivity contribution >= 4 is 5.82 Å². The number of alkyl halides is 3. The van der Waals surface area contributed by atoms with E-state index in [1.54, 1.807) is 0 Å². The van der Waals surface area contributed by atoms with Crippen LogP contribution in [0.5, 0.6) is 5.75 Å².